The average Bonchev–Trinajstić information content (AvgIpc) is 2.35. The number of esters is 1. The van der Waals surface area contributed by atoms with Crippen LogP contribution in [0.1, 0.15) is 10.5 Å². The average molecular weight is 240 g/mol. The van der Waals surface area contributed by atoms with Gasteiger partial charge >= 0.3 is 5.97 Å². The number of amides is 1. The third-order valence-electron chi connectivity index (χ3n) is 1.83. The van der Waals surface area contributed by atoms with E-state index in [1.807, 2.05) is 0 Å². The molecule has 0 fully saturated rings. The molecule has 1 atom stereocenters. The maximum Gasteiger partial charge on any atom is 0.358 e. The fourth-order valence-corrected chi connectivity index (χ4v) is 0.956. The highest BCUT2D eigenvalue weighted by Crippen LogP contribution is 2.03. The number of nitrogens with two attached hydrogens (primary N) is 1. The first-order valence-electron chi connectivity index (χ1n) is 4.66. The molecule has 0 radical (unpaired) electrons. The molecule has 1 amide bonds. The number of anilines is 1. The van der Waals surface area contributed by atoms with Crippen molar-refractivity contribution in [1.82, 2.24) is 9.97 Å². The number of hydrogen-bond acceptors (Lipinski definition) is 7. The lowest BCUT2D eigenvalue weighted by molar-refractivity contribution is -0.125. The number of rotatable bonds is 5. The van der Waals surface area contributed by atoms with Gasteiger partial charge in [-0.05, 0) is 0 Å². The predicted octanol–water partition coefficient (Wildman–Crippen LogP) is -1.48. The Morgan fingerprint density at radius 1 is 1.59 bits per heavy atom. The molecule has 0 aliphatic carbocycles. The number of primary amides is 1. The van der Waals surface area contributed by atoms with Crippen molar-refractivity contribution in [3.63, 3.8) is 0 Å². The molecule has 8 nitrogen and oxygen atoms in total. The van der Waals surface area contributed by atoms with E-state index in [1.165, 1.54) is 19.5 Å². The Hall–Kier alpha value is -2.22. The number of methoxy groups -OCH3 is 1. The van der Waals surface area contributed by atoms with Crippen LogP contribution in [-0.4, -0.2) is 46.7 Å². The lowest BCUT2D eigenvalue weighted by atomic mass is 10.3. The van der Waals surface area contributed by atoms with E-state index in [-0.39, 0.29) is 18.1 Å². The van der Waals surface area contributed by atoms with Gasteiger partial charge in [-0.3, -0.25) is 9.78 Å². The summed E-state index contributed by atoms with van der Waals surface area (Å²) in [5, 5.41) is 11.7. The van der Waals surface area contributed by atoms with Crippen LogP contribution >= 0.6 is 0 Å². The molecular weight excluding hydrogens is 228 g/mol. The molecule has 0 spiro atoms. The second kappa shape index (κ2) is 5.75. The summed E-state index contributed by atoms with van der Waals surface area (Å²) in [6, 6.07) is 0. The van der Waals surface area contributed by atoms with Crippen molar-refractivity contribution in [2.24, 2.45) is 5.73 Å². The Kier molecular flexibility index (Phi) is 4.35. The van der Waals surface area contributed by atoms with E-state index in [9.17, 15) is 9.59 Å². The molecule has 0 aromatic carbocycles. The Bertz CT molecular complexity index is 423. The molecule has 0 saturated heterocycles. The minimum absolute atomic E-state index is 0.0195. The molecule has 1 unspecified atom stereocenters. The second-order valence-corrected chi connectivity index (χ2v) is 3.08. The largest absolute Gasteiger partial charge is 0.464 e. The zero-order valence-corrected chi connectivity index (χ0v) is 9.08. The molecule has 0 saturated carbocycles. The lowest BCUT2D eigenvalue weighted by Gasteiger charge is -2.08. The van der Waals surface area contributed by atoms with E-state index in [0.717, 1.165) is 0 Å². The van der Waals surface area contributed by atoms with Crippen LogP contribution in [0.5, 0.6) is 0 Å². The fraction of sp³-hybridized carbons (Fsp3) is 0.333. The van der Waals surface area contributed by atoms with Crippen molar-refractivity contribution < 1.29 is 19.4 Å². The number of aromatic nitrogens is 2. The van der Waals surface area contributed by atoms with Gasteiger partial charge in [0.05, 0.1) is 26.0 Å². The zero-order chi connectivity index (χ0) is 12.8. The van der Waals surface area contributed by atoms with Gasteiger partial charge < -0.3 is 20.9 Å². The van der Waals surface area contributed by atoms with Crippen molar-refractivity contribution in [3.8, 4) is 0 Å². The van der Waals surface area contributed by atoms with Crippen LogP contribution in [0.15, 0.2) is 12.4 Å². The highest BCUT2D eigenvalue weighted by Gasteiger charge is 2.12. The van der Waals surface area contributed by atoms with E-state index in [0.29, 0.717) is 0 Å². The van der Waals surface area contributed by atoms with Crippen LogP contribution in [0.25, 0.3) is 0 Å². The maximum atomic E-state index is 11.1. The van der Waals surface area contributed by atoms with Crippen molar-refractivity contribution in [3.05, 3.63) is 18.1 Å². The molecule has 8 heteroatoms. The number of aliphatic hydroxyl groups excluding tert-OH is 1. The van der Waals surface area contributed by atoms with Gasteiger partial charge in [0.25, 0.3) is 0 Å². The SMILES string of the molecule is COC(=O)c1cncc(NCC(O)C(N)=O)n1. The number of carbonyl (C=O) groups is 2. The Balaban J connectivity index is 2.66. The number of carbonyl (C=O) groups excluding carboxylic acids is 2. The van der Waals surface area contributed by atoms with Crippen LogP contribution in [0.4, 0.5) is 5.82 Å². The summed E-state index contributed by atoms with van der Waals surface area (Å²) in [6.07, 6.45) is 1.24. The Labute approximate surface area is 96.8 Å². The Morgan fingerprint density at radius 2 is 2.29 bits per heavy atom. The van der Waals surface area contributed by atoms with Crippen molar-refractivity contribution >= 4 is 17.7 Å². The fourth-order valence-electron chi connectivity index (χ4n) is 0.956. The number of ether oxygens (including phenoxy) is 1. The molecule has 17 heavy (non-hydrogen) atoms. The molecule has 1 heterocycles. The highest BCUT2D eigenvalue weighted by molar-refractivity contribution is 5.87. The monoisotopic (exact) mass is 240 g/mol. The van der Waals surface area contributed by atoms with Crippen molar-refractivity contribution in [2.45, 2.75) is 6.10 Å². The summed E-state index contributed by atoms with van der Waals surface area (Å²) in [5.41, 5.74) is 4.88. The summed E-state index contributed by atoms with van der Waals surface area (Å²) < 4.78 is 4.46. The van der Waals surface area contributed by atoms with Crippen LogP contribution in [0, 0.1) is 0 Å². The van der Waals surface area contributed by atoms with E-state index in [2.05, 4.69) is 20.0 Å². The normalized spacial score (nSPS) is 11.6. The van der Waals surface area contributed by atoms with Crippen LogP contribution in [-0.2, 0) is 9.53 Å². The highest BCUT2D eigenvalue weighted by atomic mass is 16.5. The van der Waals surface area contributed by atoms with Gasteiger partial charge in [-0.15, -0.1) is 0 Å². The number of nitrogens with one attached hydrogen (secondary N) is 1. The molecule has 92 valence electrons. The molecule has 0 aliphatic heterocycles. The van der Waals surface area contributed by atoms with E-state index < -0.39 is 18.0 Å². The number of nitrogens with zero attached hydrogens (tertiary/aromatic N) is 2. The molecule has 1 rings (SSSR count). The molecule has 1 aromatic rings. The molecule has 4 N–H and O–H groups in total. The summed E-state index contributed by atoms with van der Waals surface area (Å²) in [6.45, 7) is -0.116. The maximum absolute atomic E-state index is 11.1. The molecule has 1 aromatic heterocycles. The number of hydrogen-bond donors (Lipinski definition) is 3. The van der Waals surface area contributed by atoms with Gasteiger partial charge in [0.15, 0.2) is 5.69 Å². The smallest absolute Gasteiger partial charge is 0.358 e. The minimum atomic E-state index is -1.33. The van der Waals surface area contributed by atoms with Crippen LogP contribution < -0.4 is 11.1 Å². The van der Waals surface area contributed by atoms with Gasteiger partial charge in [-0.25, -0.2) is 9.78 Å². The second-order valence-electron chi connectivity index (χ2n) is 3.08. The van der Waals surface area contributed by atoms with E-state index >= 15 is 0 Å². The van der Waals surface area contributed by atoms with Gasteiger partial charge in [0, 0.05) is 0 Å². The van der Waals surface area contributed by atoms with Crippen LogP contribution in [0.2, 0.25) is 0 Å². The van der Waals surface area contributed by atoms with Gasteiger partial charge in [0.2, 0.25) is 5.91 Å². The van der Waals surface area contributed by atoms with Gasteiger partial charge in [0.1, 0.15) is 11.9 Å². The van der Waals surface area contributed by atoms with E-state index in [1.54, 1.807) is 0 Å². The minimum Gasteiger partial charge on any atom is -0.464 e. The quantitative estimate of drug-likeness (QED) is 0.535. The third-order valence-corrected chi connectivity index (χ3v) is 1.83. The van der Waals surface area contributed by atoms with Crippen molar-refractivity contribution in [2.75, 3.05) is 19.0 Å². The first-order chi connectivity index (χ1) is 8.04. The summed E-state index contributed by atoms with van der Waals surface area (Å²) in [5.74, 6) is -1.25. The zero-order valence-electron chi connectivity index (χ0n) is 9.08. The molecular formula is C9H12N4O4. The topological polar surface area (TPSA) is 127 Å². The van der Waals surface area contributed by atoms with Gasteiger partial charge in [-0.1, -0.05) is 0 Å². The first kappa shape index (κ1) is 12.8. The molecule has 0 bridgehead atoms. The standard InChI is InChI=1S/C9H12N4O4/c1-17-9(16)5-2-11-4-7(13-5)12-3-6(14)8(10)15/h2,4,6,14H,3H2,1H3,(H2,10,15)(H,12,13). The van der Waals surface area contributed by atoms with Gasteiger partial charge in [-0.2, -0.15) is 0 Å². The molecule has 0 aliphatic rings. The summed E-state index contributed by atoms with van der Waals surface area (Å²) in [7, 11) is 1.22. The first-order valence-corrected chi connectivity index (χ1v) is 4.66. The lowest BCUT2D eigenvalue weighted by Crippen LogP contribution is -2.34. The van der Waals surface area contributed by atoms with Crippen molar-refractivity contribution in [1.29, 1.82) is 0 Å². The summed E-state index contributed by atoms with van der Waals surface area (Å²) >= 11 is 0. The Morgan fingerprint density at radius 3 is 2.88 bits per heavy atom. The van der Waals surface area contributed by atoms with E-state index in [4.69, 9.17) is 10.8 Å². The third kappa shape index (κ3) is 3.68. The van der Waals surface area contributed by atoms with Crippen LogP contribution in [0.3, 0.4) is 0 Å². The number of aliphatic hydroxyl groups is 1. The summed E-state index contributed by atoms with van der Waals surface area (Å²) in [4.78, 5) is 29.3. The predicted molar refractivity (Wildman–Crippen MR) is 57.1 cm³/mol.